The number of nitrogens with one attached hydrogen (secondary N) is 1. The number of nitro groups is 1. The average Bonchev–Trinajstić information content (AvgIpc) is 2.29. The molecule has 0 saturated carbocycles. The number of hydrogen-bond donors (Lipinski definition) is 1. The predicted molar refractivity (Wildman–Crippen MR) is 60.2 cm³/mol. The minimum Gasteiger partial charge on any atom is -0.373 e. The normalized spacial score (nSPS) is 11.7. The number of benzene rings is 1. The monoisotopic (exact) mass is 348 g/mol. The third-order valence-electron chi connectivity index (χ3n) is 2.07. The zero-order valence-corrected chi connectivity index (χ0v) is 10.6. The molecule has 0 atom stereocenters. The first-order valence-corrected chi connectivity index (χ1v) is 5.47. The van der Waals surface area contributed by atoms with Crippen molar-refractivity contribution in [3.05, 3.63) is 32.5 Å². The van der Waals surface area contributed by atoms with Gasteiger partial charge in [-0.1, -0.05) is 0 Å². The van der Waals surface area contributed by atoms with E-state index in [2.05, 4.69) is 15.9 Å². The standard InChI is InChI=1S/C9H6BrF5N2O2/c10-4-1-7(17(18)19)6(2-5(4)11)16-3-9(14,15)8(12)13/h1-2,8,16H,3H2. The minimum atomic E-state index is -4.38. The lowest BCUT2D eigenvalue weighted by atomic mass is 10.2. The second-order valence-corrected chi connectivity index (χ2v) is 4.31. The van der Waals surface area contributed by atoms with Crippen molar-refractivity contribution in [3.63, 3.8) is 0 Å². The second kappa shape index (κ2) is 5.68. The zero-order chi connectivity index (χ0) is 14.8. The van der Waals surface area contributed by atoms with Crippen molar-refractivity contribution in [2.45, 2.75) is 12.3 Å². The molecule has 0 aliphatic rings. The quantitative estimate of drug-likeness (QED) is 0.500. The van der Waals surface area contributed by atoms with Gasteiger partial charge < -0.3 is 5.32 Å². The second-order valence-electron chi connectivity index (χ2n) is 3.46. The SMILES string of the molecule is O=[N+]([O-])c1cc(Br)c(F)cc1NCC(F)(F)C(F)F. The van der Waals surface area contributed by atoms with E-state index in [1.807, 2.05) is 0 Å². The zero-order valence-electron chi connectivity index (χ0n) is 8.97. The summed E-state index contributed by atoms with van der Waals surface area (Å²) in [7, 11) is 0. The van der Waals surface area contributed by atoms with Crippen LogP contribution in [0, 0.1) is 15.9 Å². The van der Waals surface area contributed by atoms with Gasteiger partial charge in [0.15, 0.2) is 0 Å². The van der Waals surface area contributed by atoms with Gasteiger partial charge >= 0.3 is 12.3 Å². The van der Waals surface area contributed by atoms with Crippen LogP contribution in [-0.2, 0) is 0 Å². The van der Waals surface area contributed by atoms with Crippen molar-refractivity contribution < 1.29 is 26.9 Å². The molecule has 4 nitrogen and oxygen atoms in total. The van der Waals surface area contributed by atoms with Crippen molar-refractivity contribution in [3.8, 4) is 0 Å². The van der Waals surface area contributed by atoms with Crippen LogP contribution in [0.4, 0.5) is 33.3 Å². The fourth-order valence-electron chi connectivity index (χ4n) is 1.12. The van der Waals surface area contributed by atoms with Crippen LogP contribution in [-0.4, -0.2) is 23.8 Å². The highest BCUT2D eigenvalue weighted by Crippen LogP contribution is 2.32. The number of nitrogens with zero attached hydrogens (tertiary/aromatic N) is 1. The van der Waals surface area contributed by atoms with Crippen LogP contribution < -0.4 is 5.32 Å². The highest BCUT2D eigenvalue weighted by molar-refractivity contribution is 9.10. The lowest BCUT2D eigenvalue weighted by Gasteiger charge is -2.16. The molecule has 0 heterocycles. The van der Waals surface area contributed by atoms with Crippen molar-refractivity contribution in [1.29, 1.82) is 0 Å². The Hall–Kier alpha value is -1.45. The molecule has 10 heteroatoms. The Morgan fingerprint density at radius 2 is 2.00 bits per heavy atom. The summed E-state index contributed by atoms with van der Waals surface area (Å²) in [6.07, 6.45) is -3.93. The van der Waals surface area contributed by atoms with E-state index in [4.69, 9.17) is 0 Å². The maximum absolute atomic E-state index is 13.2. The minimum absolute atomic E-state index is 0.245. The number of anilines is 1. The molecule has 0 bridgehead atoms. The molecule has 0 fully saturated rings. The van der Waals surface area contributed by atoms with Crippen LogP contribution in [0.2, 0.25) is 0 Å². The largest absolute Gasteiger partial charge is 0.373 e. The van der Waals surface area contributed by atoms with Gasteiger partial charge in [0.2, 0.25) is 0 Å². The number of halogens is 6. The molecule has 0 aromatic heterocycles. The summed E-state index contributed by atoms with van der Waals surface area (Å²) in [5, 5.41) is 12.4. The molecular formula is C9H6BrF5N2O2. The molecule has 0 aliphatic carbocycles. The van der Waals surface area contributed by atoms with E-state index in [1.165, 1.54) is 0 Å². The molecule has 0 aliphatic heterocycles. The summed E-state index contributed by atoms with van der Waals surface area (Å²) in [6.45, 7) is -1.55. The van der Waals surface area contributed by atoms with E-state index >= 15 is 0 Å². The molecule has 1 rings (SSSR count). The van der Waals surface area contributed by atoms with Crippen LogP contribution in [0.3, 0.4) is 0 Å². The van der Waals surface area contributed by atoms with Gasteiger partial charge in [-0.15, -0.1) is 0 Å². The first-order valence-electron chi connectivity index (χ1n) is 4.68. The van der Waals surface area contributed by atoms with Crippen molar-refractivity contribution in [1.82, 2.24) is 0 Å². The molecule has 1 aromatic rings. The summed E-state index contributed by atoms with van der Waals surface area (Å²) < 4.78 is 62.1. The summed E-state index contributed by atoms with van der Waals surface area (Å²) in [6, 6.07) is 1.32. The topological polar surface area (TPSA) is 55.2 Å². The summed E-state index contributed by atoms with van der Waals surface area (Å²) in [5.41, 5.74) is -1.32. The van der Waals surface area contributed by atoms with E-state index in [-0.39, 0.29) is 4.47 Å². The van der Waals surface area contributed by atoms with Crippen LogP contribution in [0.25, 0.3) is 0 Å². The Morgan fingerprint density at radius 1 is 1.42 bits per heavy atom. The summed E-state index contributed by atoms with van der Waals surface area (Å²) in [5.74, 6) is -5.33. The van der Waals surface area contributed by atoms with Gasteiger partial charge in [-0.2, -0.15) is 8.78 Å². The third kappa shape index (κ3) is 3.75. The number of alkyl halides is 4. The Labute approximate surface area is 111 Å². The number of nitro benzene ring substituents is 1. The Morgan fingerprint density at radius 3 is 2.47 bits per heavy atom. The van der Waals surface area contributed by atoms with Gasteiger partial charge in [0, 0.05) is 12.1 Å². The van der Waals surface area contributed by atoms with Gasteiger partial charge in [0.25, 0.3) is 5.69 Å². The molecule has 0 unspecified atom stereocenters. The lowest BCUT2D eigenvalue weighted by molar-refractivity contribution is -0.384. The van der Waals surface area contributed by atoms with Crippen molar-refractivity contribution >= 4 is 27.3 Å². The Kier molecular flexibility index (Phi) is 4.66. The van der Waals surface area contributed by atoms with Crippen LogP contribution >= 0.6 is 15.9 Å². The van der Waals surface area contributed by atoms with Crippen LogP contribution in [0.1, 0.15) is 0 Å². The van der Waals surface area contributed by atoms with Gasteiger partial charge in [0.05, 0.1) is 15.9 Å². The molecule has 0 radical (unpaired) electrons. The van der Waals surface area contributed by atoms with E-state index in [9.17, 15) is 32.1 Å². The predicted octanol–water partition coefficient (Wildman–Crippen LogP) is 3.81. The fourth-order valence-corrected chi connectivity index (χ4v) is 1.45. The fraction of sp³-hybridized carbons (Fsp3) is 0.333. The molecule has 1 aromatic carbocycles. The van der Waals surface area contributed by atoms with Crippen molar-refractivity contribution in [2.24, 2.45) is 0 Å². The number of hydrogen-bond acceptors (Lipinski definition) is 3. The van der Waals surface area contributed by atoms with E-state index in [0.717, 1.165) is 6.07 Å². The molecule has 0 amide bonds. The van der Waals surface area contributed by atoms with E-state index < -0.39 is 41.0 Å². The molecular weight excluding hydrogens is 343 g/mol. The molecule has 106 valence electrons. The van der Waals surface area contributed by atoms with E-state index in [0.29, 0.717) is 6.07 Å². The van der Waals surface area contributed by atoms with Gasteiger partial charge in [-0.3, -0.25) is 10.1 Å². The molecule has 19 heavy (non-hydrogen) atoms. The summed E-state index contributed by atoms with van der Waals surface area (Å²) >= 11 is 2.69. The van der Waals surface area contributed by atoms with Crippen LogP contribution in [0.15, 0.2) is 16.6 Å². The molecule has 0 spiro atoms. The summed E-state index contributed by atoms with van der Waals surface area (Å²) in [4.78, 5) is 9.68. The molecule has 1 N–H and O–H groups in total. The van der Waals surface area contributed by atoms with Gasteiger partial charge in [-0.25, -0.2) is 13.2 Å². The first kappa shape index (κ1) is 15.6. The Bertz CT molecular complexity index is 498. The smallest absolute Gasteiger partial charge is 0.324 e. The average molecular weight is 349 g/mol. The third-order valence-corrected chi connectivity index (χ3v) is 2.68. The van der Waals surface area contributed by atoms with Crippen LogP contribution in [0.5, 0.6) is 0 Å². The number of rotatable bonds is 5. The molecule has 0 saturated heterocycles. The highest BCUT2D eigenvalue weighted by Gasteiger charge is 2.40. The lowest BCUT2D eigenvalue weighted by Crippen LogP contribution is -2.35. The van der Waals surface area contributed by atoms with Crippen molar-refractivity contribution in [2.75, 3.05) is 11.9 Å². The van der Waals surface area contributed by atoms with Gasteiger partial charge in [-0.05, 0) is 15.9 Å². The maximum atomic E-state index is 13.2. The Balaban J connectivity index is 3.01. The first-order chi connectivity index (χ1) is 8.65. The van der Waals surface area contributed by atoms with Gasteiger partial charge in [0.1, 0.15) is 11.5 Å². The highest BCUT2D eigenvalue weighted by atomic mass is 79.9. The maximum Gasteiger partial charge on any atom is 0.324 e. The van der Waals surface area contributed by atoms with E-state index in [1.54, 1.807) is 5.32 Å².